The molecule has 0 saturated carbocycles. The minimum Gasteiger partial charge on any atom is -0.506 e. The molecule has 9 heteroatoms. The maximum absolute atomic E-state index is 11.3. The predicted molar refractivity (Wildman–Crippen MR) is 103 cm³/mol. The van der Waals surface area contributed by atoms with Gasteiger partial charge >= 0.3 is 5.76 Å². The van der Waals surface area contributed by atoms with Gasteiger partial charge in [-0.25, -0.2) is 9.78 Å². The fourth-order valence-electron chi connectivity index (χ4n) is 2.51. The molecule has 0 radical (unpaired) electrons. The molecule has 2 aromatic carbocycles. The van der Waals surface area contributed by atoms with Crippen LogP contribution in [0.25, 0.3) is 11.1 Å². The highest BCUT2D eigenvalue weighted by Gasteiger charge is 2.08. The van der Waals surface area contributed by atoms with Crippen LogP contribution in [0.15, 0.2) is 51.8 Å². The summed E-state index contributed by atoms with van der Waals surface area (Å²) in [6.07, 6.45) is 1.68. The zero-order valence-corrected chi connectivity index (χ0v) is 14.8. The van der Waals surface area contributed by atoms with Crippen molar-refractivity contribution in [3.05, 3.63) is 63.7 Å². The number of aryl methyl sites for hydroxylation is 1. The van der Waals surface area contributed by atoms with E-state index < -0.39 is 5.76 Å². The number of benzene rings is 2. The molecule has 4 rings (SSSR count). The molecule has 4 aromatic rings. The summed E-state index contributed by atoms with van der Waals surface area (Å²) in [7, 11) is 0. The molecule has 0 fully saturated rings. The van der Waals surface area contributed by atoms with E-state index in [9.17, 15) is 9.90 Å². The lowest BCUT2D eigenvalue weighted by Gasteiger charge is -2.11. The molecular formula is C18H14ClN5O3. The topological polar surface area (TPSA) is 116 Å². The van der Waals surface area contributed by atoms with E-state index >= 15 is 0 Å². The van der Waals surface area contributed by atoms with Crippen LogP contribution < -0.4 is 16.4 Å². The van der Waals surface area contributed by atoms with Crippen molar-refractivity contribution < 1.29 is 9.52 Å². The van der Waals surface area contributed by atoms with Crippen molar-refractivity contribution in [2.45, 2.75) is 6.92 Å². The average Bonchev–Trinajstić information content (AvgIpc) is 3.00. The Kier molecular flexibility index (Phi) is 4.17. The number of oxazole rings is 1. The molecule has 8 nitrogen and oxygen atoms in total. The van der Waals surface area contributed by atoms with E-state index in [4.69, 9.17) is 16.0 Å². The second kappa shape index (κ2) is 6.65. The van der Waals surface area contributed by atoms with Crippen molar-refractivity contribution in [2.24, 2.45) is 0 Å². The lowest BCUT2D eigenvalue weighted by Crippen LogP contribution is -2.02. The first-order chi connectivity index (χ1) is 13.0. The summed E-state index contributed by atoms with van der Waals surface area (Å²) in [5, 5.41) is 16.0. The van der Waals surface area contributed by atoms with Gasteiger partial charge in [0.05, 0.1) is 10.5 Å². The summed E-state index contributed by atoms with van der Waals surface area (Å²) in [4.78, 5) is 22.6. The SMILES string of the molecule is Cc1cnc(Nc2ccc(O)c(Cl)c2)nc1Nc1ccc2oc(=O)[nH]c2c1. The number of fused-ring (bicyclic) bond motifs is 1. The third-order valence-corrected chi connectivity index (χ3v) is 4.16. The molecule has 0 aliphatic carbocycles. The third-order valence-electron chi connectivity index (χ3n) is 3.86. The number of phenolic OH excluding ortho intramolecular Hbond substituents is 1. The Balaban J connectivity index is 1.61. The summed E-state index contributed by atoms with van der Waals surface area (Å²) < 4.78 is 5.00. The molecular weight excluding hydrogens is 370 g/mol. The number of hydrogen-bond donors (Lipinski definition) is 4. The highest BCUT2D eigenvalue weighted by Crippen LogP contribution is 2.28. The van der Waals surface area contributed by atoms with Crippen LogP contribution in [-0.4, -0.2) is 20.1 Å². The fraction of sp³-hybridized carbons (Fsp3) is 0.0556. The van der Waals surface area contributed by atoms with Crippen LogP contribution in [-0.2, 0) is 0 Å². The van der Waals surface area contributed by atoms with Gasteiger partial charge in [0, 0.05) is 23.1 Å². The summed E-state index contributed by atoms with van der Waals surface area (Å²) in [6, 6.07) is 9.97. The van der Waals surface area contributed by atoms with Crippen molar-refractivity contribution in [1.29, 1.82) is 0 Å². The van der Waals surface area contributed by atoms with E-state index in [-0.39, 0.29) is 10.8 Å². The Labute approximate surface area is 157 Å². The molecule has 27 heavy (non-hydrogen) atoms. The number of phenols is 1. The molecule has 0 saturated heterocycles. The third kappa shape index (κ3) is 3.56. The van der Waals surface area contributed by atoms with Crippen LogP contribution in [0.2, 0.25) is 5.02 Å². The number of aromatic hydroxyl groups is 1. The van der Waals surface area contributed by atoms with Gasteiger partial charge in [-0.15, -0.1) is 0 Å². The monoisotopic (exact) mass is 383 g/mol. The zero-order valence-electron chi connectivity index (χ0n) is 14.1. The summed E-state index contributed by atoms with van der Waals surface area (Å²) in [5.41, 5.74) is 3.29. The Morgan fingerprint density at radius 3 is 2.74 bits per heavy atom. The largest absolute Gasteiger partial charge is 0.506 e. The van der Waals surface area contributed by atoms with Crippen LogP contribution in [0, 0.1) is 6.92 Å². The molecule has 0 atom stereocenters. The molecule has 0 amide bonds. The number of H-pyrrole nitrogens is 1. The number of nitrogens with zero attached hydrogens (tertiary/aromatic N) is 2. The highest BCUT2D eigenvalue weighted by molar-refractivity contribution is 6.32. The predicted octanol–water partition coefficient (Wildman–Crippen LogP) is 4.07. The van der Waals surface area contributed by atoms with Crippen molar-refractivity contribution in [1.82, 2.24) is 15.0 Å². The number of nitrogens with one attached hydrogen (secondary N) is 3. The summed E-state index contributed by atoms with van der Waals surface area (Å²) >= 11 is 5.92. The van der Waals surface area contributed by atoms with E-state index in [1.54, 1.807) is 36.5 Å². The van der Waals surface area contributed by atoms with Gasteiger partial charge in [0.1, 0.15) is 11.6 Å². The summed E-state index contributed by atoms with van der Waals surface area (Å²) in [6.45, 7) is 1.88. The molecule has 0 unspecified atom stereocenters. The lowest BCUT2D eigenvalue weighted by molar-refractivity contribution is 0.475. The van der Waals surface area contributed by atoms with E-state index in [1.165, 1.54) is 6.07 Å². The quantitative estimate of drug-likeness (QED) is 0.392. The van der Waals surface area contributed by atoms with Gasteiger partial charge in [-0.3, -0.25) is 4.98 Å². The molecule has 0 bridgehead atoms. The van der Waals surface area contributed by atoms with E-state index in [0.29, 0.717) is 28.6 Å². The molecule has 4 N–H and O–H groups in total. The van der Waals surface area contributed by atoms with Crippen LogP contribution >= 0.6 is 11.6 Å². The van der Waals surface area contributed by atoms with E-state index in [0.717, 1.165) is 11.3 Å². The van der Waals surface area contributed by atoms with Crippen molar-refractivity contribution in [3.63, 3.8) is 0 Å². The van der Waals surface area contributed by atoms with Crippen LogP contribution in [0.5, 0.6) is 5.75 Å². The minimum absolute atomic E-state index is 0.00192. The Morgan fingerprint density at radius 2 is 1.93 bits per heavy atom. The fourth-order valence-corrected chi connectivity index (χ4v) is 2.69. The standard InChI is InChI=1S/C18H14ClN5O3/c1-9-8-20-17(22-10-2-4-14(25)12(19)6-10)24-16(9)21-11-3-5-15-13(7-11)23-18(26)27-15/h2-8,25H,1H3,(H,23,26)(H2,20,21,22,24). The van der Waals surface area contributed by atoms with Gasteiger partial charge in [0.25, 0.3) is 0 Å². The van der Waals surface area contributed by atoms with E-state index in [1.807, 2.05) is 6.92 Å². The van der Waals surface area contributed by atoms with Crippen LogP contribution in [0.4, 0.5) is 23.1 Å². The Hall–Kier alpha value is -3.52. The zero-order chi connectivity index (χ0) is 19.0. The van der Waals surface area contributed by atoms with E-state index in [2.05, 4.69) is 25.6 Å². The molecule has 0 spiro atoms. The first kappa shape index (κ1) is 16.9. The maximum atomic E-state index is 11.3. The first-order valence-corrected chi connectivity index (χ1v) is 8.35. The van der Waals surface area contributed by atoms with Gasteiger partial charge in [0.15, 0.2) is 5.58 Å². The molecule has 0 aliphatic rings. The number of aromatic nitrogens is 3. The average molecular weight is 384 g/mol. The number of rotatable bonds is 4. The lowest BCUT2D eigenvalue weighted by atomic mass is 10.2. The van der Waals surface area contributed by atoms with Crippen LogP contribution in [0.3, 0.4) is 0 Å². The Bertz CT molecular complexity index is 1200. The highest BCUT2D eigenvalue weighted by atomic mass is 35.5. The maximum Gasteiger partial charge on any atom is 0.417 e. The Morgan fingerprint density at radius 1 is 1.15 bits per heavy atom. The number of anilines is 4. The van der Waals surface area contributed by atoms with Gasteiger partial charge in [-0.2, -0.15) is 4.98 Å². The van der Waals surface area contributed by atoms with Crippen LogP contribution in [0.1, 0.15) is 5.56 Å². The number of aromatic amines is 1. The molecule has 2 heterocycles. The number of hydrogen-bond acceptors (Lipinski definition) is 7. The van der Waals surface area contributed by atoms with Gasteiger partial charge < -0.3 is 20.2 Å². The molecule has 0 aliphatic heterocycles. The van der Waals surface area contributed by atoms with Gasteiger partial charge in [-0.05, 0) is 43.3 Å². The van der Waals surface area contributed by atoms with Crippen molar-refractivity contribution in [3.8, 4) is 5.75 Å². The molecule has 136 valence electrons. The van der Waals surface area contributed by atoms with Gasteiger partial charge in [0.2, 0.25) is 5.95 Å². The summed E-state index contributed by atoms with van der Waals surface area (Å²) in [5.74, 6) is 0.465. The molecule has 2 aromatic heterocycles. The van der Waals surface area contributed by atoms with Crippen molar-refractivity contribution >= 4 is 45.8 Å². The number of halogens is 1. The minimum atomic E-state index is -0.501. The van der Waals surface area contributed by atoms with Gasteiger partial charge in [-0.1, -0.05) is 11.6 Å². The second-order valence-corrected chi connectivity index (χ2v) is 6.27. The smallest absolute Gasteiger partial charge is 0.417 e. The normalized spacial score (nSPS) is 10.9. The second-order valence-electron chi connectivity index (χ2n) is 5.87. The van der Waals surface area contributed by atoms with Crippen molar-refractivity contribution in [2.75, 3.05) is 10.6 Å². The first-order valence-electron chi connectivity index (χ1n) is 7.97.